The fraction of sp³-hybridized carbons (Fsp3) is 0.667. The summed E-state index contributed by atoms with van der Waals surface area (Å²) in [5.41, 5.74) is 2.95. The standard InChI is InChI=1S/C18H27NO/c1-14-6-5-7-16(12-14)15(2)19-17-8-11-20-18(13-17)9-3-4-10-18/h5-7,12,15,17,19H,3-4,8-11,13H2,1-2H3/t15-,17?/m0/s1. The van der Waals surface area contributed by atoms with Gasteiger partial charge in [-0.3, -0.25) is 0 Å². The Morgan fingerprint density at radius 1 is 1.30 bits per heavy atom. The van der Waals surface area contributed by atoms with Gasteiger partial charge >= 0.3 is 0 Å². The van der Waals surface area contributed by atoms with Crippen LogP contribution in [-0.2, 0) is 4.74 Å². The zero-order chi connectivity index (χ0) is 14.0. The fourth-order valence-electron chi connectivity index (χ4n) is 3.93. The molecule has 1 N–H and O–H groups in total. The molecule has 0 bridgehead atoms. The summed E-state index contributed by atoms with van der Waals surface area (Å²) < 4.78 is 6.12. The molecule has 0 radical (unpaired) electrons. The molecule has 1 aromatic carbocycles. The van der Waals surface area contributed by atoms with E-state index in [4.69, 9.17) is 4.74 Å². The minimum atomic E-state index is 0.211. The molecular weight excluding hydrogens is 246 g/mol. The summed E-state index contributed by atoms with van der Waals surface area (Å²) in [6.07, 6.45) is 7.58. The second-order valence-corrected chi connectivity index (χ2v) is 6.73. The van der Waals surface area contributed by atoms with Crippen molar-refractivity contribution in [3.05, 3.63) is 35.4 Å². The van der Waals surface area contributed by atoms with Crippen LogP contribution in [0.1, 0.15) is 62.6 Å². The van der Waals surface area contributed by atoms with Crippen LogP contribution in [0, 0.1) is 6.92 Å². The third-order valence-electron chi connectivity index (χ3n) is 5.04. The van der Waals surface area contributed by atoms with Crippen LogP contribution in [0.2, 0.25) is 0 Å². The molecule has 2 heteroatoms. The highest BCUT2D eigenvalue weighted by molar-refractivity contribution is 5.24. The van der Waals surface area contributed by atoms with Gasteiger partial charge in [0.15, 0.2) is 0 Å². The Morgan fingerprint density at radius 2 is 2.10 bits per heavy atom. The van der Waals surface area contributed by atoms with Gasteiger partial charge in [0.1, 0.15) is 0 Å². The van der Waals surface area contributed by atoms with Crippen LogP contribution in [0.3, 0.4) is 0 Å². The highest BCUT2D eigenvalue weighted by atomic mass is 16.5. The Morgan fingerprint density at radius 3 is 2.85 bits per heavy atom. The third kappa shape index (κ3) is 3.07. The van der Waals surface area contributed by atoms with Gasteiger partial charge in [0.25, 0.3) is 0 Å². The van der Waals surface area contributed by atoms with E-state index >= 15 is 0 Å². The maximum Gasteiger partial charge on any atom is 0.0697 e. The molecule has 1 saturated carbocycles. The minimum Gasteiger partial charge on any atom is -0.375 e. The van der Waals surface area contributed by atoms with Gasteiger partial charge in [-0.15, -0.1) is 0 Å². The Bertz CT molecular complexity index is 450. The number of benzene rings is 1. The molecule has 0 amide bonds. The lowest BCUT2D eigenvalue weighted by atomic mass is 9.88. The van der Waals surface area contributed by atoms with Crippen LogP contribution in [0.4, 0.5) is 0 Å². The summed E-state index contributed by atoms with van der Waals surface area (Å²) in [7, 11) is 0. The van der Waals surface area contributed by atoms with E-state index in [2.05, 4.69) is 43.4 Å². The molecule has 1 aliphatic carbocycles. The van der Waals surface area contributed by atoms with E-state index in [1.54, 1.807) is 0 Å². The number of ether oxygens (including phenoxy) is 1. The molecule has 1 aliphatic heterocycles. The second kappa shape index (κ2) is 5.87. The summed E-state index contributed by atoms with van der Waals surface area (Å²) in [6.45, 7) is 5.38. The Labute approximate surface area is 122 Å². The summed E-state index contributed by atoms with van der Waals surface area (Å²) >= 11 is 0. The van der Waals surface area contributed by atoms with E-state index in [9.17, 15) is 0 Å². The number of rotatable bonds is 3. The van der Waals surface area contributed by atoms with Crippen molar-refractivity contribution in [2.24, 2.45) is 0 Å². The van der Waals surface area contributed by atoms with Crippen LogP contribution >= 0.6 is 0 Å². The monoisotopic (exact) mass is 273 g/mol. The van der Waals surface area contributed by atoms with Gasteiger partial charge in [-0.2, -0.15) is 0 Å². The minimum absolute atomic E-state index is 0.211. The number of aryl methyl sites for hydroxylation is 1. The van der Waals surface area contributed by atoms with E-state index in [0.717, 1.165) is 13.0 Å². The first kappa shape index (κ1) is 14.1. The van der Waals surface area contributed by atoms with Crippen molar-refractivity contribution in [1.29, 1.82) is 0 Å². The first-order valence-corrected chi connectivity index (χ1v) is 8.13. The van der Waals surface area contributed by atoms with Gasteiger partial charge in [-0.1, -0.05) is 42.7 Å². The zero-order valence-corrected chi connectivity index (χ0v) is 12.8. The lowest BCUT2D eigenvalue weighted by Gasteiger charge is -2.39. The van der Waals surface area contributed by atoms with Gasteiger partial charge in [0.2, 0.25) is 0 Å². The van der Waals surface area contributed by atoms with Crippen molar-refractivity contribution in [2.75, 3.05) is 6.61 Å². The molecule has 1 aromatic rings. The van der Waals surface area contributed by atoms with Crippen molar-refractivity contribution in [1.82, 2.24) is 5.32 Å². The van der Waals surface area contributed by atoms with Gasteiger partial charge in [0, 0.05) is 18.7 Å². The number of hydrogen-bond donors (Lipinski definition) is 1. The van der Waals surface area contributed by atoms with Crippen molar-refractivity contribution >= 4 is 0 Å². The molecule has 1 saturated heterocycles. The average molecular weight is 273 g/mol. The molecule has 110 valence electrons. The highest BCUT2D eigenvalue weighted by Gasteiger charge is 2.40. The van der Waals surface area contributed by atoms with E-state index < -0.39 is 0 Å². The van der Waals surface area contributed by atoms with Crippen molar-refractivity contribution < 1.29 is 4.74 Å². The lowest BCUT2D eigenvalue weighted by Crippen LogP contribution is -2.46. The number of hydrogen-bond acceptors (Lipinski definition) is 2. The summed E-state index contributed by atoms with van der Waals surface area (Å²) in [5.74, 6) is 0. The largest absolute Gasteiger partial charge is 0.375 e. The Kier molecular flexibility index (Phi) is 4.13. The van der Waals surface area contributed by atoms with E-state index in [1.807, 2.05) is 0 Å². The molecule has 2 nitrogen and oxygen atoms in total. The predicted molar refractivity (Wildman–Crippen MR) is 82.9 cm³/mol. The zero-order valence-electron chi connectivity index (χ0n) is 12.8. The summed E-state index contributed by atoms with van der Waals surface area (Å²) in [5, 5.41) is 3.83. The maximum atomic E-state index is 6.12. The quantitative estimate of drug-likeness (QED) is 0.893. The smallest absolute Gasteiger partial charge is 0.0697 e. The molecule has 2 fully saturated rings. The SMILES string of the molecule is Cc1cccc([C@H](C)NC2CCOC3(CCCC3)C2)c1. The average Bonchev–Trinajstić information content (AvgIpc) is 2.87. The third-order valence-corrected chi connectivity index (χ3v) is 5.04. The van der Waals surface area contributed by atoms with Crippen molar-refractivity contribution in [2.45, 2.75) is 70.1 Å². The van der Waals surface area contributed by atoms with Crippen molar-refractivity contribution in [3.8, 4) is 0 Å². The van der Waals surface area contributed by atoms with Crippen LogP contribution in [-0.4, -0.2) is 18.2 Å². The lowest BCUT2D eigenvalue weighted by molar-refractivity contribution is -0.0846. The van der Waals surface area contributed by atoms with E-state index in [-0.39, 0.29) is 5.60 Å². The first-order chi connectivity index (χ1) is 9.67. The molecule has 3 rings (SSSR count). The van der Waals surface area contributed by atoms with Crippen molar-refractivity contribution in [3.63, 3.8) is 0 Å². The Balaban J connectivity index is 1.62. The maximum absolute atomic E-state index is 6.12. The van der Waals surface area contributed by atoms with E-state index in [0.29, 0.717) is 12.1 Å². The summed E-state index contributed by atoms with van der Waals surface area (Å²) in [6, 6.07) is 9.88. The molecule has 1 heterocycles. The Hall–Kier alpha value is -0.860. The predicted octanol–water partition coefficient (Wildman–Crippen LogP) is 4.14. The molecular formula is C18H27NO. The molecule has 2 atom stereocenters. The van der Waals surface area contributed by atoms with Crippen LogP contribution in [0.25, 0.3) is 0 Å². The van der Waals surface area contributed by atoms with Gasteiger partial charge in [-0.05, 0) is 45.1 Å². The molecule has 0 aromatic heterocycles. The van der Waals surface area contributed by atoms with Crippen LogP contribution in [0.15, 0.2) is 24.3 Å². The highest BCUT2D eigenvalue weighted by Crippen LogP contribution is 2.40. The molecule has 1 spiro atoms. The summed E-state index contributed by atoms with van der Waals surface area (Å²) in [4.78, 5) is 0. The van der Waals surface area contributed by atoms with Gasteiger partial charge < -0.3 is 10.1 Å². The molecule has 2 aliphatic rings. The fourth-order valence-corrected chi connectivity index (χ4v) is 3.93. The normalized spacial score (nSPS) is 26.8. The second-order valence-electron chi connectivity index (χ2n) is 6.73. The molecule has 20 heavy (non-hydrogen) atoms. The number of nitrogens with one attached hydrogen (secondary N) is 1. The van der Waals surface area contributed by atoms with Crippen LogP contribution in [0.5, 0.6) is 0 Å². The van der Waals surface area contributed by atoms with Crippen LogP contribution < -0.4 is 5.32 Å². The first-order valence-electron chi connectivity index (χ1n) is 8.13. The van der Waals surface area contributed by atoms with Gasteiger partial charge in [0.05, 0.1) is 5.60 Å². The van der Waals surface area contributed by atoms with Gasteiger partial charge in [-0.25, -0.2) is 0 Å². The topological polar surface area (TPSA) is 21.3 Å². The molecule has 1 unspecified atom stereocenters. The van der Waals surface area contributed by atoms with E-state index in [1.165, 1.54) is 43.2 Å².